The highest BCUT2D eigenvalue weighted by atomic mass is 16.4. The second-order valence-corrected chi connectivity index (χ2v) is 3.22. The number of amides is 2. The summed E-state index contributed by atoms with van der Waals surface area (Å²) in [5.41, 5.74) is 0. The van der Waals surface area contributed by atoms with Gasteiger partial charge in [-0.1, -0.05) is 0 Å². The summed E-state index contributed by atoms with van der Waals surface area (Å²) in [4.78, 5) is 31.9. The number of carbonyl (C=O) groups excluding carboxylic acids is 2. The van der Waals surface area contributed by atoms with E-state index in [0.717, 1.165) is 12.2 Å². The van der Waals surface area contributed by atoms with Crippen molar-refractivity contribution in [2.24, 2.45) is 0 Å². The molecule has 0 spiro atoms. The summed E-state index contributed by atoms with van der Waals surface area (Å²) < 4.78 is 0. The summed E-state index contributed by atoms with van der Waals surface area (Å²) >= 11 is 0. The third-order valence-electron chi connectivity index (χ3n) is 1.98. The van der Waals surface area contributed by atoms with Gasteiger partial charge in [0.2, 0.25) is 11.8 Å². The number of hydrogen-bond donors (Lipinski definition) is 3. The Hall–Kier alpha value is -1.85. The lowest BCUT2D eigenvalue weighted by atomic mass is 10.2. The van der Waals surface area contributed by atoms with E-state index in [2.05, 4.69) is 10.6 Å². The molecule has 1 aliphatic rings. The Balaban J connectivity index is 2.22. The van der Waals surface area contributed by atoms with E-state index in [4.69, 9.17) is 5.11 Å². The van der Waals surface area contributed by atoms with Gasteiger partial charge >= 0.3 is 5.97 Å². The Kier molecular flexibility index (Phi) is 3.84. The molecule has 1 fully saturated rings. The zero-order chi connectivity index (χ0) is 11.3. The van der Waals surface area contributed by atoms with Gasteiger partial charge in [0.15, 0.2) is 0 Å². The van der Waals surface area contributed by atoms with E-state index < -0.39 is 11.9 Å². The quantitative estimate of drug-likeness (QED) is 0.522. The molecular formula is C9H12N2O4. The molecule has 0 aromatic rings. The summed E-state index contributed by atoms with van der Waals surface area (Å²) in [5.74, 6) is -1.66. The predicted molar refractivity (Wildman–Crippen MR) is 51.0 cm³/mol. The third kappa shape index (κ3) is 4.26. The van der Waals surface area contributed by atoms with Crippen LogP contribution >= 0.6 is 0 Å². The van der Waals surface area contributed by atoms with E-state index in [9.17, 15) is 14.4 Å². The third-order valence-corrected chi connectivity index (χ3v) is 1.98. The first-order valence-corrected chi connectivity index (χ1v) is 4.56. The minimum atomic E-state index is -1.17. The highest BCUT2D eigenvalue weighted by Crippen LogP contribution is 2.04. The van der Waals surface area contributed by atoms with Crippen LogP contribution in [0.1, 0.15) is 12.8 Å². The van der Waals surface area contributed by atoms with Gasteiger partial charge in [-0.3, -0.25) is 9.59 Å². The van der Waals surface area contributed by atoms with E-state index in [1.807, 2.05) is 0 Å². The van der Waals surface area contributed by atoms with Crippen molar-refractivity contribution < 1.29 is 19.5 Å². The highest BCUT2D eigenvalue weighted by molar-refractivity contribution is 5.93. The van der Waals surface area contributed by atoms with E-state index >= 15 is 0 Å². The van der Waals surface area contributed by atoms with Crippen LogP contribution in [0.3, 0.4) is 0 Å². The van der Waals surface area contributed by atoms with Gasteiger partial charge in [0.25, 0.3) is 0 Å². The van der Waals surface area contributed by atoms with Crippen molar-refractivity contribution in [2.45, 2.75) is 18.9 Å². The van der Waals surface area contributed by atoms with Gasteiger partial charge in [-0.15, -0.1) is 0 Å². The zero-order valence-electron chi connectivity index (χ0n) is 8.03. The summed E-state index contributed by atoms with van der Waals surface area (Å²) in [6, 6.07) is -0.0420. The van der Waals surface area contributed by atoms with Crippen molar-refractivity contribution in [1.29, 1.82) is 0 Å². The maximum Gasteiger partial charge on any atom is 0.328 e. The molecule has 1 saturated heterocycles. The Morgan fingerprint density at radius 1 is 1.53 bits per heavy atom. The second-order valence-electron chi connectivity index (χ2n) is 3.22. The molecule has 1 unspecified atom stereocenters. The standard InChI is InChI=1S/C9H12N2O4/c12-7(3-4-9(14)15)10-5-6-1-2-8(13)11-6/h3-4,6H,1-2,5H2,(H,10,12)(H,11,13)(H,14,15). The van der Waals surface area contributed by atoms with E-state index in [-0.39, 0.29) is 11.9 Å². The van der Waals surface area contributed by atoms with E-state index in [1.165, 1.54) is 0 Å². The molecule has 0 aromatic carbocycles. The van der Waals surface area contributed by atoms with Crippen LogP contribution in [-0.4, -0.2) is 35.5 Å². The average molecular weight is 212 g/mol. The van der Waals surface area contributed by atoms with Gasteiger partial charge in [0.1, 0.15) is 0 Å². The van der Waals surface area contributed by atoms with Crippen molar-refractivity contribution in [1.82, 2.24) is 10.6 Å². The van der Waals surface area contributed by atoms with E-state index in [0.29, 0.717) is 19.4 Å². The Labute approximate surface area is 86.3 Å². The molecule has 82 valence electrons. The fourth-order valence-electron chi connectivity index (χ4n) is 1.26. The maximum absolute atomic E-state index is 11.0. The van der Waals surface area contributed by atoms with Gasteiger partial charge < -0.3 is 15.7 Å². The molecule has 1 aliphatic heterocycles. The molecule has 0 radical (unpaired) electrons. The normalized spacial score (nSPS) is 20.3. The number of carboxylic acids is 1. The minimum absolute atomic E-state index is 0.0182. The zero-order valence-corrected chi connectivity index (χ0v) is 8.03. The van der Waals surface area contributed by atoms with Crippen LogP contribution in [-0.2, 0) is 14.4 Å². The fourth-order valence-corrected chi connectivity index (χ4v) is 1.26. The lowest BCUT2D eigenvalue weighted by Crippen LogP contribution is -2.37. The van der Waals surface area contributed by atoms with Crippen molar-refractivity contribution in [2.75, 3.05) is 6.54 Å². The molecular weight excluding hydrogens is 200 g/mol. The van der Waals surface area contributed by atoms with Crippen LogP contribution in [0, 0.1) is 0 Å². The second kappa shape index (κ2) is 5.14. The summed E-state index contributed by atoms with van der Waals surface area (Å²) in [6.45, 7) is 0.328. The Bertz CT molecular complexity index is 311. The number of aliphatic carboxylic acids is 1. The average Bonchev–Trinajstić information content (AvgIpc) is 2.58. The lowest BCUT2D eigenvalue weighted by molar-refractivity contribution is -0.131. The van der Waals surface area contributed by atoms with Gasteiger partial charge in [0, 0.05) is 31.2 Å². The lowest BCUT2D eigenvalue weighted by Gasteiger charge is -2.09. The van der Waals surface area contributed by atoms with Crippen LogP contribution in [0.2, 0.25) is 0 Å². The van der Waals surface area contributed by atoms with Crippen LogP contribution in [0.15, 0.2) is 12.2 Å². The largest absolute Gasteiger partial charge is 0.478 e. The Morgan fingerprint density at radius 3 is 2.80 bits per heavy atom. The molecule has 1 heterocycles. The van der Waals surface area contributed by atoms with Crippen molar-refractivity contribution in [3.63, 3.8) is 0 Å². The van der Waals surface area contributed by atoms with Gasteiger partial charge in [-0.2, -0.15) is 0 Å². The van der Waals surface area contributed by atoms with Crippen LogP contribution in [0.4, 0.5) is 0 Å². The summed E-state index contributed by atoms with van der Waals surface area (Å²) in [7, 11) is 0. The number of rotatable bonds is 4. The fraction of sp³-hybridized carbons (Fsp3) is 0.444. The van der Waals surface area contributed by atoms with Crippen molar-refractivity contribution in [3.8, 4) is 0 Å². The van der Waals surface area contributed by atoms with Crippen molar-refractivity contribution in [3.05, 3.63) is 12.2 Å². The van der Waals surface area contributed by atoms with Crippen LogP contribution in [0.5, 0.6) is 0 Å². The van der Waals surface area contributed by atoms with Gasteiger partial charge in [-0.25, -0.2) is 4.79 Å². The Morgan fingerprint density at radius 2 is 2.27 bits per heavy atom. The molecule has 1 rings (SSSR count). The molecule has 0 aromatic heterocycles. The first-order valence-electron chi connectivity index (χ1n) is 4.56. The summed E-state index contributed by atoms with van der Waals surface area (Å²) in [5, 5.41) is 13.4. The smallest absolute Gasteiger partial charge is 0.328 e. The van der Waals surface area contributed by atoms with Crippen molar-refractivity contribution >= 4 is 17.8 Å². The van der Waals surface area contributed by atoms with Gasteiger partial charge in [0.05, 0.1) is 0 Å². The molecule has 6 heteroatoms. The molecule has 0 bridgehead atoms. The molecule has 6 nitrogen and oxygen atoms in total. The topological polar surface area (TPSA) is 95.5 Å². The molecule has 2 amide bonds. The monoisotopic (exact) mass is 212 g/mol. The predicted octanol–water partition coefficient (Wildman–Crippen LogP) is -0.978. The summed E-state index contributed by atoms with van der Waals surface area (Å²) in [6.07, 6.45) is 2.88. The molecule has 0 aliphatic carbocycles. The first-order chi connectivity index (χ1) is 7.08. The highest BCUT2D eigenvalue weighted by Gasteiger charge is 2.20. The number of nitrogens with one attached hydrogen (secondary N) is 2. The number of carbonyl (C=O) groups is 3. The van der Waals surface area contributed by atoms with Crippen LogP contribution < -0.4 is 10.6 Å². The number of carboxylic acid groups (broad SMARTS) is 1. The van der Waals surface area contributed by atoms with Gasteiger partial charge in [-0.05, 0) is 6.42 Å². The molecule has 15 heavy (non-hydrogen) atoms. The van der Waals surface area contributed by atoms with Crippen LogP contribution in [0.25, 0.3) is 0 Å². The number of hydrogen-bond acceptors (Lipinski definition) is 3. The minimum Gasteiger partial charge on any atom is -0.478 e. The molecule has 0 saturated carbocycles. The first kappa shape index (κ1) is 11.2. The molecule has 3 N–H and O–H groups in total. The SMILES string of the molecule is O=C(O)C=CC(=O)NCC1CCC(=O)N1. The maximum atomic E-state index is 11.0. The molecule has 1 atom stereocenters. The van der Waals surface area contributed by atoms with E-state index in [1.54, 1.807) is 0 Å².